The molecular weight excluding hydrogens is 564 g/mol. The number of ether oxygens (including phenoxy) is 3. The largest absolute Gasteiger partial charge is 0.492 e. The number of carbonyl (C=O) groups is 2. The molecule has 0 radical (unpaired) electrons. The summed E-state index contributed by atoms with van der Waals surface area (Å²) >= 11 is 0. The van der Waals surface area contributed by atoms with Crippen molar-refractivity contribution in [1.82, 2.24) is 14.7 Å². The molecule has 1 aromatic rings. The summed E-state index contributed by atoms with van der Waals surface area (Å²) in [6.45, 7) is 6.01. The highest BCUT2D eigenvalue weighted by Gasteiger charge is 2.60. The van der Waals surface area contributed by atoms with Gasteiger partial charge in [0.2, 0.25) is 0 Å². The number of likely N-dealkylation sites (tertiary alicyclic amines) is 2. The second kappa shape index (κ2) is 14.4. The summed E-state index contributed by atoms with van der Waals surface area (Å²) in [4.78, 5) is 26.0. The molecule has 4 rings (SSSR count). The summed E-state index contributed by atoms with van der Waals surface area (Å²) in [5.41, 5.74) is 0.823. The van der Waals surface area contributed by atoms with Crippen molar-refractivity contribution in [2.75, 3.05) is 59.1 Å². The third-order valence-corrected chi connectivity index (χ3v) is 7.58. The van der Waals surface area contributed by atoms with Gasteiger partial charge in [-0.15, -0.1) is 0 Å². The van der Waals surface area contributed by atoms with Crippen LogP contribution >= 0.6 is 0 Å². The van der Waals surface area contributed by atoms with Crippen LogP contribution in [0.25, 0.3) is 0 Å². The second-order valence-electron chi connectivity index (χ2n) is 10.1. The van der Waals surface area contributed by atoms with Crippen LogP contribution in [-0.4, -0.2) is 115 Å². The van der Waals surface area contributed by atoms with Crippen LogP contribution in [0.3, 0.4) is 0 Å². The number of hydrogen-bond donors (Lipinski definition) is 1. The van der Waals surface area contributed by atoms with Gasteiger partial charge >= 0.3 is 18.4 Å². The fraction of sp³-hybridized carbons (Fsp3) is 0.692. The van der Waals surface area contributed by atoms with E-state index in [9.17, 15) is 31.1 Å². The van der Waals surface area contributed by atoms with E-state index < -0.39 is 24.5 Å². The van der Waals surface area contributed by atoms with E-state index in [2.05, 4.69) is 14.5 Å². The van der Waals surface area contributed by atoms with Crippen LogP contribution < -0.4 is 4.74 Å². The number of alkyl halides is 6. The number of halogens is 6. The Hall–Kier alpha value is -2.78. The summed E-state index contributed by atoms with van der Waals surface area (Å²) < 4.78 is 91.7. The van der Waals surface area contributed by atoms with E-state index in [4.69, 9.17) is 19.4 Å². The highest BCUT2D eigenvalue weighted by Crippen LogP contribution is 2.40. The number of carbonyl (C=O) groups excluding carboxylic acids is 1. The lowest BCUT2D eigenvalue weighted by Gasteiger charge is -2.45. The minimum atomic E-state index is -5.73. The Kier molecular flexibility index (Phi) is 11.5. The maximum atomic E-state index is 12.8. The van der Waals surface area contributed by atoms with E-state index in [-0.39, 0.29) is 25.1 Å². The molecule has 0 atom stereocenters. The Morgan fingerprint density at radius 2 is 1.56 bits per heavy atom. The number of rotatable bonds is 7. The van der Waals surface area contributed by atoms with E-state index in [0.29, 0.717) is 26.0 Å². The zero-order chi connectivity index (χ0) is 30.1. The minimum Gasteiger partial charge on any atom is -0.492 e. The number of carboxylic acid groups (broad SMARTS) is 1. The molecule has 0 saturated carbocycles. The number of hydrogen-bond acceptors (Lipinski definition) is 7. The first kappa shape index (κ1) is 32.7. The molecule has 0 aromatic heterocycles. The molecule has 3 aliphatic rings. The van der Waals surface area contributed by atoms with Gasteiger partial charge in [-0.1, -0.05) is 12.1 Å². The molecule has 9 nitrogen and oxygen atoms in total. The van der Waals surface area contributed by atoms with E-state index in [0.717, 1.165) is 68.4 Å². The molecule has 3 heterocycles. The predicted molar refractivity (Wildman–Crippen MR) is 133 cm³/mol. The Morgan fingerprint density at radius 3 is 2.12 bits per heavy atom. The highest BCUT2D eigenvalue weighted by molar-refractivity contribution is 5.68. The molecule has 0 bridgehead atoms. The lowest BCUT2D eigenvalue weighted by molar-refractivity contribution is -0.308. The van der Waals surface area contributed by atoms with Gasteiger partial charge in [-0.05, 0) is 49.9 Å². The monoisotopic (exact) mass is 599 g/mol. The Labute approximate surface area is 233 Å². The average molecular weight is 600 g/mol. The molecule has 15 heteroatoms. The predicted octanol–water partition coefficient (Wildman–Crippen LogP) is 4.16. The maximum Gasteiger partial charge on any atom is 0.434 e. The van der Waals surface area contributed by atoms with Crippen molar-refractivity contribution in [1.29, 1.82) is 0 Å². The molecule has 3 saturated heterocycles. The third kappa shape index (κ3) is 9.36. The van der Waals surface area contributed by atoms with Gasteiger partial charge in [0.1, 0.15) is 12.4 Å². The van der Waals surface area contributed by atoms with Gasteiger partial charge in [0.25, 0.3) is 12.6 Å². The highest BCUT2D eigenvalue weighted by atomic mass is 19.4. The van der Waals surface area contributed by atoms with Gasteiger partial charge < -0.3 is 24.2 Å². The topological polar surface area (TPSA) is 91.8 Å². The first-order valence-corrected chi connectivity index (χ1v) is 13.3. The SMILES string of the molecule is O=C(OC(C(F)(F)F)C(F)(F)F)N1CCC2(CCCN2Cc2ccc(OCCN3CCOCC3)cc2)CC1.O=CO. The van der Waals surface area contributed by atoms with Gasteiger partial charge in [0.05, 0.1) is 13.2 Å². The fourth-order valence-electron chi connectivity index (χ4n) is 5.44. The van der Waals surface area contributed by atoms with Crippen molar-refractivity contribution in [2.45, 2.75) is 56.2 Å². The normalized spacial score (nSPS) is 20.0. The Morgan fingerprint density at radius 1 is 0.976 bits per heavy atom. The van der Waals surface area contributed by atoms with Gasteiger partial charge in [0.15, 0.2) is 0 Å². The molecule has 1 spiro atoms. The van der Waals surface area contributed by atoms with Crippen LogP contribution in [-0.2, 0) is 20.8 Å². The molecule has 1 amide bonds. The van der Waals surface area contributed by atoms with Crippen LogP contribution in [0.1, 0.15) is 31.2 Å². The first-order chi connectivity index (χ1) is 19.4. The van der Waals surface area contributed by atoms with Gasteiger partial charge in [0, 0.05) is 44.8 Å². The summed E-state index contributed by atoms with van der Waals surface area (Å²) in [6.07, 6.45) is -14.5. The van der Waals surface area contributed by atoms with Crippen molar-refractivity contribution in [2.24, 2.45) is 0 Å². The summed E-state index contributed by atoms with van der Waals surface area (Å²) in [5, 5.41) is 6.89. The molecular formula is C26H35F6N3O6. The Balaban J connectivity index is 0.00000147. The second-order valence-corrected chi connectivity index (χ2v) is 10.1. The fourth-order valence-corrected chi connectivity index (χ4v) is 5.44. The minimum absolute atomic E-state index is 0.0354. The van der Waals surface area contributed by atoms with Crippen LogP contribution in [0.4, 0.5) is 31.1 Å². The summed E-state index contributed by atoms with van der Waals surface area (Å²) in [5.74, 6) is 0.779. The lowest BCUT2D eigenvalue weighted by Crippen LogP contribution is -2.54. The van der Waals surface area contributed by atoms with Crippen LogP contribution in [0, 0.1) is 0 Å². The average Bonchev–Trinajstić information content (AvgIpc) is 3.29. The van der Waals surface area contributed by atoms with Crippen LogP contribution in [0.5, 0.6) is 5.75 Å². The molecule has 1 N–H and O–H groups in total. The maximum absolute atomic E-state index is 12.8. The number of amides is 1. The van der Waals surface area contributed by atoms with Crippen molar-refractivity contribution < 1.29 is 55.2 Å². The lowest BCUT2D eigenvalue weighted by atomic mass is 9.85. The molecule has 3 fully saturated rings. The molecule has 3 aliphatic heterocycles. The van der Waals surface area contributed by atoms with E-state index in [1.54, 1.807) is 0 Å². The van der Waals surface area contributed by atoms with Crippen molar-refractivity contribution in [3.05, 3.63) is 29.8 Å². The zero-order valence-electron chi connectivity index (χ0n) is 22.5. The smallest absolute Gasteiger partial charge is 0.434 e. The van der Waals surface area contributed by atoms with Crippen molar-refractivity contribution >= 4 is 12.6 Å². The standard InChI is InChI=1S/C25H33F6N3O4.CH2O2/c26-24(27,28)21(25(29,30)31)38-22(35)33-10-7-23(8-11-33)6-1-9-34(23)18-19-2-4-20(5-3-19)37-17-14-32-12-15-36-16-13-32;2-1-3/h2-5,21H,1,6-18H2;1H,(H,2,3). The van der Waals surface area contributed by atoms with Crippen molar-refractivity contribution in [3.63, 3.8) is 0 Å². The van der Waals surface area contributed by atoms with E-state index in [1.807, 2.05) is 24.3 Å². The quantitative estimate of drug-likeness (QED) is 0.369. The number of benzene rings is 1. The number of piperidine rings is 1. The number of nitrogens with zero attached hydrogens (tertiary/aromatic N) is 3. The van der Waals surface area contributed by atoms with Gasteiger partial charge in [-0.25, -0.2) is 4.79 Å². The molecule has 0 unspecified atom stereocenters. The van der Waals surface area contributed by atoms with E-state index in [1.165, 1.54) is 0 Å². The van der Waals surface area contributed by atoms with Gasteiger partial charge in [-0.3, -0.25) is 14.6 Å². The van der Waals surface area contributed by atoms with E-state index >= 15 is 0 Å². The number of morpholine rings is 1. The molecule has 1 aromatic carbocycles. The van der Waals surface area contributed by atoms with Crippen LogP contribution in [0.15, 0.2) is 24.3 Å². The summed E-state index contributed by atoms with van der Waals surface area (Å²) in [7, 11) is 0. The molecule has 232 valence electrons. The first-order valence-electron chi connectivity index (χ1n) is 13.3. The Bertz CT molecular complexity index is 950. The van der Waals surface area contributed by atoms with Crippen molar-refractivity contribution in [3.8, 4) is 5.75 Å². The zero-order valence-corrected chi connectivity index (χ0v) is 22.5. The van der Waals surface area contributed by atoms with Gasteiger partial charge in [-0.2, -0.15) is 26.3 Å². The van der Waals surface area contributed by atoms with Crippen LogP contribution in [0.2, 0.25) is 0 Å². The summed E-state index contributed by atoms with van der Waals surface area (Å²) in [6, 6.07) is 7.84. The molecule has 41 heavy (non-hydrogen) atoms. The molecule has 0 aliphatic carbocycles. The third-order valence-electron chi connectivity index (χ3n) is 7.58.